The highest BCUT2D eigenvalue weighted by atomic mass is 79.9. The van der Waals surface area contributed by atoms with E-state index in [0.29, 0.717) is 17.9 Å². The minimum atomic E-state index is -0.334. The zero-order valence-electron chi connectivity index (χ0n) is 12.0. The van der Waals surface area contributed by atoms with Crippen molar-refractivity contribution in [1.29, 1.82) is 0 Å². The number of ether oxygens (including phenoxy) is 1. The molecule has 2 rings (SSSR count). The minimum absolute atomic E-state index is 0.258. The average molecular weight is 462 g/mol. The molecule has 0 aliphatic rings. The monoisotopic (exact) mass is 460 g/mol. The summed E-state index contributed by atoms with van der Waals surface area (Å²) < 4.78 is 7.33. The van der Waals surface area contributed by atoms with Crippen molar-refractivity contribution >= 4 is 55.0 Å². The molecular formula is C15H14Br2N2O3S. The van der Waals surface area contributed by atoms with E-state index in [1.807, 2.05) is 24.3 Å². The molecule has 1 aromatic heterocycles. The standard InChI is InChI=1S/C15H14Br2N2O3S/c16-10-3-1-4-11(9-10)22-8-2-5-14(20)18-19-15(21)12-6-7-13(17)23-12/h1,3-4,6-7,9H,2,5,8H2,(H,18,20)(H,19,21). The van der Waals surface area contributed by atoms with E-state index in [0.717, 1.165) is 14.0 Å². The molecular weight excluding hydrogens is 448 g/mol. The molecule has 0 spiro atoms. The third-order valence-corrected chi connectivity index (χ3v) is 4.84. The molecule has 23 heavy (non-hydrogen) atoms. The number of thiophene rings is 1. The molecule has 0 atom stereocenters. The Morgan fingerprint density at radius 1 is 1.13 bits per heavy atom. The number of rotatable bonds is 6. The molecule has 5 nitrogen and oxygen atoms in total. The van der Waals surface area contributed by atoms with Crippen molar-refractivity contribution in [3.63, 3.8) is 0 Å². The molecule has 0 bridgehead atoms. The fourth-order valence-corrected chi connectivity index (χ4v) is 3.33. The summed E-state index contributed by atoms with van der Waals surface area (Å²) in [6.45, 7) is 0.426. The van der Waals surface area contributed by atoms with Crippen molar-refractivity contribution in [2.24, 2.45) is 0 Å². The number of hydrogen-bond donors (Lipinski definition) is 2. The lowest BCUT2D eigenvalue weighted by atomic mass is 10.3. The molecule has 1 aromatic carbocycles. The lowest BCUT2D eigenvalue weighted by Crippen LogP contribution is -2.41. The Morgan fingerprint density at radius 2 is 1.96 bits per heavy atom. The predicted octanol–water partition coefficient (Wildman–Crippen LogP) is 3.89. The van der Waals surface area contributed by atoms with Crippen molar-refractivity contribution in [2.75, 3.05) is 6.61 Å². The van der Waals surface area contributed by atoms with E-state index >= 15 is 0 Å². The fraction of sp³-hybridized carbons (Fsp3) is 0.200. The van der Waals surface area contributed by atoms with Gasteiger partial charge in [0, 0.05) is 10.9 Å². The molecule has 2 amide bonds. The Kier molecular flexibility index (Phi) is 7.07. The first kappa shape index (κ1) is 18.0. The Morgan fingerprint density at radius 3 is 2.65 bits per heavy atom. The number of nitrogens with one attached hydrogen (secondary N) is 2. The maximum atomic E-state index is 11.7. The van der Waals surface area contributed by atoms with Gasteiger partial charge >= 0.3 is 0 Å². The van der Waals surface area contributed by atoms with E-state index in [1.54, 1.807) is 12.1 Å². The molecule has 122 valence electrons. The second kappa shape index (κ2) is 9.05. The summed E-state index contributed by atoms with van der Waals surface area (Å²) in [5.74, 6) is 0.155. The number of hydrogen-bond acceptors (Lipinski definition) is 4. The maximum Gasteiger partial charge on any atom is 0.279 e. The summed E-state index contributed by atoms with van der Waals surface area (Å²) in [4.78, 5) is 23.9. The molecule has 2 aromatic rings. The molecule has 0 aliphatic carbocycles. The van der Waals surface area contributed by atoms with Crippen LogP contribution in [-0.4, -0.2) is 18.4 Å². The van der Waals surface area contributed by atoms with Crippen LogP contribution in [0, 0.1) is 0 Å². The second-order valence-electron chi connectivity index (χ2n) is 4.52. The summed E-state index contributed by atoms with van der Waals surface area (Å²) in [5, 5.41) is 0. The van der Waals surface area contributed by atoms with Gasteiger partial charge in [-0.25, -0.2) is 0 Å². The Labute approximate surface area is 154 Å². The SMILES string of the molecule is O=C(CCCOc1cccc(Br)c1)NNC(=O)c1ccc(Br)s1. The van der Waals surface area contributed by atoms with Crippen LogP contribution in [0.2, 0.25) is 0 Å². The van der Waals surface area contributed by atoms with Gasteiger partial charge in [-0.3, -0.25) is 20.4 Å². The Hall–Kier alpha value is -1.38. The molecule has 0 saturated carbocycles. The van der Waals surface area contributed by atoms with E-state index in [-0.39, 0.29) is 18.2 Å². The zero-order valence-corrected chi connectivity index (χ0v) is 16.0. The Bertz CT molecular complexity index is 691. The van der Waals surface area contributed by atoms with E-state index < -0.39 is 0 Å². The van der Waals surface area contributed by atoms with Crippen LogP contribution in [0.25, 0.3) is 0 Å². The van der Waals surface area contributed by atoms with Crippen molar-refractivity contribution in [3.8, 4) is 5.75 Å². The molecule has 0 aliphatic heterocycles. The summed E-state index contributed by atoms with van der Waals surface area (Å²) in [6.07, 6.45) is 0.821. The molecule has 0 radical (unpaired) electrons. The van der Waals surface area contributed by atoms with Crippen LogP contribution < -0.4 is 15.6 Å². The summed E-state index contributed by atoms with van der Waals surface area (Å²) in [5.41, 5.74) is 4.77. The zero-order chi connectivity index (χ0) is 16.7. The highest BCUT2D eigenvalue weighted by Crippen LogP contribution is 2.21. The van der Waals surface area contributed by atoms with E-state index in [1.165, 1.54) is 11.3 Å². The number of carbonyl (C=O) groups excluding carboxylic acids is 2. The fourth-order valence-electron chi connectivity index (χ4n) is 1.67. The summed E-state index contributed by atoms with van der Waals surface area (Å²) >= 11 is 7.94. The number of halogens is 2. The van der Waals surface area contributed by atoms with Gasteiger partial charge in [0.15, 0.2) is 0 Å². The van der Waals surface area contributed by atoms with E-state index in [4.69, 9.17) is 4.74 Å². The van der Waals surface area contributed by atoms with Crippen LogP contribution in [0.1, 0.15) is 22.5 Å². The minimum Gasteiger partial charge on any atom is -0.494 e. The van der Waals surface area contributed by atoms with Crippen LogP contribution >= 0.6 is 43.2 Å². The van der Waals surface area contributed by atoms with Crippen molar-refractivity contribution in [2.45, 2.75) is 12.8 Å². The van der Waals surface area contributed by atoms with Gasteiger partial charge in [-0.1, -0.05) is 22.0 Å². The van der Waals surface area contributed by atoms with Gasteiger partial charge in [0.25, 0.3) is 5.91 Å². The van der Waals surface area contributed by atoms with Crippen molar-refractivity contribution in [1.82, 2.24) is 10.9 Å². The molecule has 0 fully saturated rings. The molecule has 0 unspecified atom stereocenters. The molecule has 1 heterocycles. The van der Waals surface area contributed by atoms with E-state index in [2.05, 4.69) is 42.7 Å². The maximum absolute atomic E-state index is 11.7. The highest BCUT2D eigenvalue weighted by Gasteiger charge is 2.09. The second-order valence-corrected chi connectivity index (χ2v) is 7.89. The molecule has 8 heteroatoms. The van der Waals surface area contributed by atoms with Crippen molar-refractivity contribution < 1.29 is 14.3 Å². The number of amides is 2. The molecule has 2 N–H and O–H groups in total. The van der Waals surface area contributed by atoms with E-state index in [9.17, 15) is 9.59 Å². The Balaban J connectivity index is 1.62. The average Bonchev–Trinajstić information content (AvgIpc) is 2.96. The molecule has 0 saturated heterocycles. The smallest absolute Gasteiger partial charge is 0.279 e. The predicted molar refractivity (Wildman–Crippen MR) is 96.5 cm³/mol. The lowest BCUT2D eigenvalue weighted by molar-refractivity contribution is -0.122. The number of benzene rings is 1. The van der Waals surface area contributed by atoms with Crippen LogP contribution in [0.4, 0.5) is 0 Å². The highest BCUT2D eigenvalue weighted by molar-refractivity contribution is 9.11. The van der Waals surface area contributed by atoms with Gasteiger partial charge in [-0.05, 0) is 52.7 Å². The van der Waals surface area contributed by atoms with Gasteiger partial charge in [0.2, 0.25) is 5.91 Å². The van der Waals surface area contributed by atoms with Gasteiger partial charge < -0.3 is 4.74 Å². The normalized spacial score (nSPS) is 10.2. The lowest BCUT2D eigenvalue weighted by Gasteiger charge is -2.08. The van der Waals surface area contributed by atoms with Crippen LogP contribution in [0.3, 0.4) is 0 Å². The third-order valence-electron chi connectivity index (χ3n) is 2.73. The van der Waals surface area contributed by atoms with Crippen molar-refractivity contribution in [3.05, 3.63) is 49.5 Å². The summed E-state index contributed by atoms with van der Waals surface area (Å²) in [7, 11) is 0. The number of carbonyl (C=O) groups is 2. The third kappa shape index (κ3) is 6.32. The van der Waals surface area contributed by atoms with Gasteiger partial charge in [0.1, 0.15) is 5.75 Å². The van der Waals surface area contributed by atoms with Crippen LogP contribution in [0.15, 0.2) is 44.7 Å². The topological polar surface area (TPSA) is 67.4 Å². The first-order valence-electron chi connectivity index (χ1n) is 6.77. The summed E-state index contributed by atoms with van der Waals surface area (Å²) in [6, 6.07) is 11.0. The first-order chi connectivity index (χ1) is 11.0. The largest absolute Gasteiger partial charge is 0.494 e. The van der Waals surface area contributed by atoms with Crippen LogP contribution in [0.5, 0.6) is 5.75 Å². The van der Waals surface area contributed by atoms with Gasteiger partial charge in [0.05, 0.1) is 15.3 Å². The van der Waals surface area contributed by atoms with Crippen LogP contribution in [-0.2, 0) is 4.79 Å². The quantitative estimate of drug-likeness (QED) is 0.506. The van der Waals surface area contributed by atoms with Gasteiger partial charge in [-0.2, -0.15) is 0 Å². The van der Waals surface area contributed by atoms with Gasteiger partial charge in [-0.15, -0.1) is 11.3 Å². The number of hydrazine groups is 1. The first-order valence-corrected chi connectivity index (χ1v) is 9.18.